The van der Waals surface area contributed by atoms with Crippen LogP contribution in [0.25, 0.3) is 0 Å². The molecule has 16 heavy (non-hydrogen) atoms. The highest BCUT2D eigenvalue weighted by Crippen LogP contribution is 2.07. The van der Waals surface area contributed by atoms with Crippen LogP contribution in [0.4, 0.5) is 0 Å². The number of hydrogen-bond donors (Lipinski definition) is 1. The van der Waals surface area contributed by atoms with Crippen molar-refractivity contribution < 1.29 is 13.5 Å². The molecule has 0 aliphatic carbocycles. The number of rotatable bonds is 10. The van der Waals surface area contributed by atoms with E-state index in [4.69, 9.17) is 5.11 Å². The summed E-state index contributed by atoms with van der Waals surface area (Å²) in [5.74, 6) is 0.181. The summed E-state index contributed by atoms with van der Waals surface area (Å²) in [5.41, 5.74) is 0. The minimum Gasteiger partial charge on any atom is -0.395 e. The van der Waals surface area contributed by atoms with Gasteiger partial charge in [-0.05, 0) is 12.8 Å². The minimum absolute atomic E-state index is 0.100. The Labute approximate surface area is 99.7 Å². The maximum atomic E-state index is 11.8. The van der Waals surface area contributed by atoms with Gasteiger partial charge >= 0.3 is 0 Å². The van der Waals surface area contributed by atoms with E-state index in [-0.39, 0.29) is 18.9 Å². The SMILES string of the molecule is CCCCCCN(CCO)S(=O)(=O)CCC. The van der Waals surface area contributed by atoms with E-state index in [1.807, 2.05) is 6.92 Å². The van der Waals surface area contributed by atoms with Gasteiger partial charge in [-0.15, -0.1) is 0 Å². The first kappa shape index (κ1) is 15.9. The van der Waals surface area contributed by atoms with Crippen LogP contribution >= 0.6 is 0 Å². The monoisotopic (exact) mass is 251 g/mol. The molecule has 0 bridgehead atoms. The average molecular weight is 251 g/mol. The van der Waals surface area contributed by atoms with E-state index >= 15 is 0 Å². The molecule has 0 fully saturated rings. The Kier molecular flexibility index (Phi) is 8.89. The highest BCUT2D eigenvalue weighted by atomic mass is 32.2. The maximum absolute atomic E-state index is 11.8. The van der Waals surface area contributed by atoms with Crippen LogP contribution in [-0.2, 0) is 10.0 Å². The molecule has 0 aliphatic rings. The lowest BCUT2D eigenvalue weighted by Gasteiger charge is -2.20. The van der Waals surface area contributed by atoms with Gasteiger partial charge < -0.3 is 5.11 Å². The standard InChI is InChI=1S/C11H25NO3S/c1-3-5-6-7-8-12(9-10-13)16(14,15)11-4-2/h13H,3-11H2,1-2H3. The smallest absolute Gasteiger partial charge is 0.214 e. The van der Waals surface area contributed by atoms with Crippen molar-refractivity contribution in [3.63, 3.8) is 0 Å². The van der Waals surface area contributed by atoms with Gasteiger partial charge in [-0.25, -0.2) is 8.42 Å². The molecule has 0 radical (unpaired) electrons. The van der Waals surface area contributed by atoms with Gasteiger partial charge in [-0.3, -0.25) is 0 Å². The second-order valence-electron chi connectivity index (χ2n) is 4.00. The van der Waals surface area contributed by atoms with Crippen molar-refractivity contribution >= 4 is 10.0 Å². The van der Waals surface area contributed by atoms with E-state index in [2.05, 4.69) is 6.92 Å². The van der Waals surface area contributed by atoms with Crippen LogP contribution in [0, 0.1) is 0 Å². The molecule has 0 saturated heterocycles. The van der Waals surface area contributed by atoms with Crippen LogP contribution in [0.2, 0.25) is 0 Å². The van der Waals surface area contributed by atoms with E-state index in [0.717, 1.165) is 25.7 Å². The largest absolute Gasteiger partial charge is 0.395 e. The van der Waals surface area contributed by atoms with Crippen molar-refractivity contribution in [2.24, 2.45) is 0 Å². The molecule has 4 nitrogen and oxygen atoms in total. The Bertz CT molecular complexity index is 252. The average Bonchev–Trinajstić information content (AvgIpc) is 2.22. The number of aliphatic hydroxyl groups excluding tert-OH is 1. The molecule has 0 atom stereocenters. The van der Waals surface area contributed by atoms with Crippen LogP contribution < -0.4 is 0 Å². The highest BCUT2D eigenvalue weighted by molar-refractivity contribution is 7.89. The predicted molar refractivity (Wildman–Crippen MR) is 66.9 cm³/mol. The first-order chi connectivity index (χ1) is 7.58. The summed E-state index contributed by atoms with van der Waals surface area (Å²) in [5, 5.41) is 8.86. The van der Waals surface area contributed by atoms with Crippen molar-refractivity contribution in [3.05, 3.63) is 0 Å². The fourth-order valence-electron chi connectivity index (χ4n) is 1.60. The Morgan fingerprint density at radius 1 is 1.00 bits per heavy atom. The third-order valence-electron chi connectivity index (χ3n) is 2.47. The summed E-state index contributed by atoms with van der Waals surface area (Å²) in [7, 11) is -3.15. The van der Waals surface area contributed by atoms with Crippen molar-refractivity contribution in [1.29, 1.82) is 0 Å². The molecule has 0 unspecified atom stereocenters. The number of unbranched alkanes of at least 4 members (excludes halogenated alkanes) is 3. The van der Waals surface area contributed by atoms with Crippen LogP contribution in [-0.4, -0.2) is 43.3 Å². The Balaban J connectivity index is 4.15. The second kappa shape index (κ2) is 8.96. The van der Waals surface area contributed by atoms with Gasteiger partial charge in [-0.2, -0.15) is 4.31 Å². The summed E-state index contributed by atoms with van der Waals surface area (Å²) in [4.78, 5) is 0. The zero-order valence-corrected chi connectivity index (χ0v) is 11.3. The predicted octanol–water partition coefficient (Wildman–Crippen LogP) is 1.60. The third-order valence-corrected chi connectivity index (χ3v) is 4.54. The van der Waals surface area contributed by atoms with E-state index in [0.29, 0.717) is 13.0 Å². The number of nitrogens with zero attached hydrogens (tertiary/aromatic N) is 1. The van der Waals surface area contributed by atoms with Crippen LogP contribution in [0.3, 0.4) is 0 Å². The molecular formula is C11H25NO3S. The molecule has 0 rings (SSSR count). The summed E-state index contributed by atoms with van der Waals surface area (Å²) in [6, 6.07) is 0. The number of hydrogen-bond acceptors (Lipinski definition) is 3. The summed E-state index contributed by atoms with van der Waals surface area (Å²) >= 11 is 0. The van der Waals surface area contributed by atoms with Gasteiger partial charge in [0, 0.05) is 13.1 Å². The topological polar surface area (TPSA) is 57.6 Å². The first-order valence-corrected chi connectivity index (χ1v) is 7.78. The van der Waals surface area contributed by atoms with E-state index in [1.54, 1.807) is 0 Å². The van der Waals surface area contributed by atoms with Gasteiger partial charge in [-0.1, -0.05) is 33.1 Å². The quantitative estimate of drug-likeness (QED) is 0.600. The molecule has 0 aromatic rings. The molecule has 5 heteroatoms. The van der Waals surface area contributed by atoms with Crippen LogP contribution in [0.15, 0.2) is 0 Å². The lowest BCUT2D eigenvalue weighted by molar-refractivity contribution is 0.251. The van der Waals surface area contributed by atoms with Gasteiger partial charge in [0.25, 0.3) is 0 Å². The normalized spacial score (nSPS) is 12.2. The Morgan fingerprint density at radius 2 is 1.69 bits per heavy atom. The van der Waals surface area contributed by atoms with E-state index in [1.165, 1.54) is 4.31 Å². The van der Waals surface area contributed by atoms with Crippen molar-refractivity contribution in [3.8, 4) is 0 Å². The van der Waals surface area contributed by atoms with Gasteiger partial charge in [0.1, 0.15) is 0 Å². The molecule has 0 saturated carbocycles. The summed E-state index contributed by atoms with van der Waals surface area (Å²) in [6.07, 6.45) is 4.85. The van der Waals surface area contributed by atoms with Crippen molar-refractivity contribution in [1.82, 2.24) is 4.31 Å². The van der Waals surface area contributed by atoms with Crippen molar-refractivity contribution in [2.45, 2.75) is 46.0 Å². The molecule has 0 spiro atoms. The zero-order valence-electron chi connectivity index (χ0n) is 10.5. The number of sulfonamides is 1. The molecule has 0 amide bonds. The van der Waals surface area contributed by atoms with Gasteiger partial charge in [0.2, 0.25) is 10.0 Å². The minimum atomic E-state index is -3.15. The summed E-state index contributed by atoms with van der Waals surface area (Å²) in [6.45, 7) is 4.65. The fourth-order valence-corrected chi connectivity index (χ4v) is 3.14. The molecule has 0 aliphatic heterocycles. The number of aliphatic hydroxyl groups is 1. The van der Waals surface area contributed by atoms with E-state index in [9.17, 15) is 8.42 Å². The Hall–Kier alpha value is -0.130. The first-order valence-electron chi connectivity index (χ1n) is 6.17. The molecule has 98 valence electrons. The fraction of sp³-hybridized carbons (Fsp3) is 1.00. The second-order valence-corrected chi connectivity index (χ2v) is 6.09. The van der Waals surface area contributed by atoms with Gasteiger partial charge in [0.15, 0.2) is 0 Å². The lowest BCUT2D eigenvalue weighted by Crippen LogP contribution is -2.36. The molecular weight excluding hydrogens is 226 g/mol. The maximum Gasteiger partial charge on any atom is 0.214 e. The molecule has 0 heterocycles. The van der Waals surface area contributed by atoms with Gasteiger partial charge in [0.05, 0.1) is 12.4 Å². The van der Waals surface area contributed by atoms with Crippen molar-refractivity contribution in [2.75, 3.05) is 25.4 Å². The molecule has 0 aromatic heterocycles. The highest BCUT2D eigenvalue weighted by Gasteiger charge is 2.19. The molecule has 1 N–H and O–H groups in total. The summed E-state index contributed by atoms with van der Waals surface area (Å²) < 4.78 is 25.0. The zero-order chi connectivity index (χ0) is 12.4. The van der Waals surface area contributed by atoms with E-state index < -0.39 is 10.0 Å². The third kappa shape index (κ3) is 6.45. The Morgan fingerprint density at radius 3 is 2.19 bits per heavy atom. The lowest BCUT2D eigenvalue weighted by atomic mass is 10.2. The molecule has 0 aromatic carbocycles. The van der Waals surface area contributed by atoms with Crippen LogP contribution in [0.5, 0.6) is 0 Å². The van der Waals surface area contributed by atoms with Crippen LogP contribution in [0.1, 0.15) is 46.0 Å².